The van der Waals surface area contributed by atoms with Crippen molar-refractivity contribution in [2.24, 2.45) is 0 Å². The fourth-order valence-electron chi connectivity index (χ4n) is 9.97. The Morgan fingerprint density at radius 1 is 0.481 bits per heavy atom. The fourth-order valence-corrected chi connectivity index (χ4v) is 9.97. The normalized spacial score (nSPS) is 25.1. The third-order valence-corrected chi connectivity index (χ3v) is 14.9. The van der Waals surface area contributed by atoms with Crippen LogP contribution in [0, 0.1) is 0 Å². The molecule has 2 aliphatic rings. The summed E-state index contributed by atoms with van der Waals surface area (Å²) in [5.41, 5.74) is 0. The molecule has 0 bridgehead atoms. The van der Waals surface area contributed by atoms with Crippen LogP contribution in [-0.2, 0) is 23.7 Å². The average molecular weight is 1090 g/mol. The molecule has 0 aromatic heterocycles. The zero-order valence-corrected chi connectivity index (χ0v) is 48.2. The second-order valence-corrected chi connectivity index (χ2v) is 21.8. The lowest BCUT2D eigenvalue weighted by Gasteiger charge is -2.46. The molecule has 2 heterocycles. The molecule has 448 valence electrons. The van der Waals surface area contributed by atoms with Gasteiger partial charge in [-0.3, -0.25) is 4.79 Å². The van der Waals surface area contributed by atoms with Crippen molar-refractivity contribution in [2.75, 3.05) is 19.8 Å². The van der Waals surface area contributed by atoms with Crippen molar-refractivity contribution >= 4 is 5.91 Å². The second kappa shape index (κ2) is 48.4. The van der Waals surface area contributed by atoms with Crippen LogP contribution >= 0.6 is 0 Å². The third kappa shape index (κ3) is 33.9. The van der Waals surface area contributed by atoms with E-state index in [0.29, 0.717) is 12.8 Å². The van der Waals surface area contributed by atoms with Gasteiger partial charge in [0.15, 0.2) is 12.6 Å². The van der Waals surface area contributed by atoms with Gasteiger partial charge in [-0.05, 0) is 64.2 Å². The van der Waals surface area contributed by atoms with Crippen molar-refractivity contribution in [3.8, 4) is 0 Å². The van der Waals surface area contributed by atoms with E-state index in [9.17, 15) is 45.6 Å². The Morgan fingerprint density at radius 2 is 0.909 bits per heavy atom. The van der Waals surface area contributed by atoms with E-state index >= 15 is 0 Å². The van der Waals surface area contributed by atoms with Crippen LogP contribution in [-0.4, -0.2) is 140 Å². The molecule has 0 aromatic rings. The van der Waals surface area contributed by atoms with Gasteiger partial charge in [-0.15, -0.1) is 0 Å². The molecular formula is C63H113NO13. The molecular weight excluding hydrogens is 979 g/mol. The number of aliphatic hydroxyl groups is 8. The zero-order valence-electron chi connectivity index (χ0n) is 48.2. The molecule has 1 amide bonds. The first-order valence-corrected chi connectivity index (χ1v) is 31.0. The number of nitrogens with one attached hydrogen (secondary N) is 1. The maximum atomic E-state index is 13.2. The van der Waals surface area contributed by atoms with Crippen molar-refractivity contribution in [2.45, 2.75) is 312 Å². The van der Waals surface area contributed by atoms with Crippen LogP contribution in [0.5, 0.6) is 0 Å². The first kappa shape index (κ1) is 70.8. The summed E-state index contributed by atoms with van der Waals surface area (Å²) in [6, 6.07) is -0.949. The lowest BCUT2D eigenvalue weighted by Crippen LogP contribution is -2.65. The summed E-state index contributed by atoms with van der Waals surface area (Å²) >= 11 is 0. The van der Waals surface area contributed by atoms with E-state index in [2.05, 4.69) is 67.8 Å². The number of carbonyl (C=O) groups is 1. The molecule has 9 N–H and O–H groups in total. The van der Waals surface area contributed by atoms with Gasteiger partial charge in [-0.1, -0.05) is 229 Å². The van der Waals surface area contributed by atoms with Gasteiger partial charge < -0.3 is 65.1 Å². The highest BCUT2D eigenvalue weighted by Gasteiger charge is 2.51. The van der Waals surface area contributed by atoms with Gasteiger partial charge in [0.2, 0.25) is 5.91 Å². The number of hydrogen-bond donors (Lipinski definition) is 9. The second-order valence-electron chi connectivity index (χ2n) is 21.8. The molecule has 2 fully saturated rings. The van der Waals surface area contributed by atoms with Crippen molar-refractivity contribution in [3.05, 3.63) is 60.8 Å². The number of hydrogen-bond acceptors (Lipinski definition) is 13. The summed E-state index contributed by atoms with van der Waals surface area (Å²) in [6.07, 6.45) is 45.8. The number of ether oxygens (including phenoxy) is 4. The molecule has 2 saturated heterocycles. The van der Waals surface area contributed by atoms with Crippen molar-refractivity contribution < 1.29 is 64.6 Å². The summed E-state index contributed by atoms with van der Waals surface area (Å²) < 4.78 is 22.7. The van der Waals surface area contributed by atoms with Crippen molar-refractivity contribution in [1.82, 2.24) is 5.32 Å². The van der Waals surface area contributed by atoms with E-state index < -0.39 is 86.8 Å². The van der Waals surface area contributed by atoms with Crippen LogP contribution < -0.4 is 5.32 Å². The monoisotopic (exact) mass is 1090 g/mol. The number of rotatable bonds is 49. The molecule has 12 unspecified atom stereocenters. The highest BCUT2D eigenvalue weighted by atomic mass is 16.7. The van der Waals surface area contributed by atoms with Crippen LogP contribution in [0.25, 0.3) is 0 Å². The first-order valence-electron chi connectivity index (χ1n) is 31.0. The fraction of sp³-hybridized carbons (Fsp3) is 0.825. The lowest BCUT2D eigenvalue weighted by atomic mass is 9.97. The summed E-state index contributed by atoms with van der Waals surface area (Å²) in [5.74, 6) is -0.279. The molecule has 0 aromatic carbocycles. The first-order chi connectivity index (χ1) is 37.6. The zero-order chi connectivity index (χ0) is 56.0. The number of aliphatic hydroxyl groups excluding tert-OH is 8. The maximum Gasteiger partial charge on any atom is 0.220 e. The van der Waals surface area contributed by atoms with E-state index in [1.165, 1.54) is 154 Å². The highest BCUT2D eigenvalue weighted by Crippen LogP contribution is 2.30. The molecule has 12 atom stereocenters. The van der Waals surface area contributed by atoms with Gasteiger partial charge in [-0.2, -0.15) is 0 Å². The van der Waals surface area contributed by atoms with E-state index in [-0.39, 0.29) is 18.9 Å². The van der Waals surface area contributed by atoms with Crippen LogP contribution in [0.2, 0.25) is 0 Å². The van der Waals surface area contributed by atoms with Crippen LogP contribution in [0.4, 0.5) is 0 Å². The molecule has 14 heteroatoms. The Kier molecular flexibility index (Phi) is 44.5. The summed E-state index contributed by atoms with van der Waals surface area (Å²) in [4.78, 5) is 13.2. The van der Waals surface area contributed by atoms with Gasteiger partial charge in [0, 0.05) is 6.42 Å². The largest absolute Gasteiger partial charge is 0.394 e. The molecule has 2 aliphatic heterocycles. The van der Waals surface area contributed by atoms with Gasteiger partial charge in [0.1, 0.15) is 48.8 Å². The van der Waals surface area contributed by atoms with E-state index in [1.54, 1.807) is 6.08 Å². The van der Waals surface area contributed by atoms with Gasteiger partial charge in [0.25, 0.3) is 0 Å². The number of unbranched alkanes of at least 4 members (excludes halogenated alkanes) is 28. The molecule has 2 rings (SSSR count). The van der Waals surface area contributed by atoms with Gasteiger partial charge in [0.05, 0.1) is 32.0 Å². The predicted octanol–water partition coefficient (Wildman–Crippen LogP) is 10.9. The Balaban J connectivity index is 1.71. The molecule has 77 heavy (non-hydrogen) atoms. The van der Waals surface area contributed by atoms with Crippen molar-refractivity contribution in [1.29, 1.82) is 0 Å². The topological polar surface area (TPSA) is 228 Å². The Morgan fingerprint density at radius 3 is 1.43 bits per heavy atom. The summed E-state index contributed by atoms with van der Waals surface area (Å²) in [7, 11) is 0. The smallest absolute Gasteiger partial charge is 0.220 e. The van der Waals surface area contributed by atoms with Gasteiger partial charge >= 0.3 is 0 Å². The highest BCUT2D eigenvalue weighted by molar-refractivity contribution is 5.76. The minimum atomic E-state index is -1.80. The lowest BCUT2D eigenvalue weighted by molar-refractivity contribution is -0.359. The number of carbonyl (C=O) groups excluding carboxylic acids is 1. The number of allylic oxidation sites excluding steroid dienone is 9. The molecule has 0 spiro atoms. The molecule has 0 aliphatic carbocycles. The quantitative estimate of drug-likeness (QED) is 0.0204. The summed E-state index contributed by atoms with van der Waals surface area (Å²) in [6.45, 7) is 2.65. The third-order valence-electron chi connectivity index (χ3n) is 14.9. The van der Waals surface area contributed by atoms with E-state index in [1.807, 2.05) is 6.08 Å². The van der Waals surface area contributed by atoms with E-state index in [0.717, 1.165) is 51.4 Å². The van der Waals surface area contributed by atoms with Crippen LogP contribution in [0.15, 0.2) is 60.8 Å². The standard InChI is InChI=1S/C63H113NO13/c1-3-5-7-9-11-13-15-17-18-19-20-21-22-23-24-25-26-27-28-29-30-31-32-33-35-36-38-40-42-44-46-52(67)51(64-55(68)47-45-43-41-39-37-34-16-14-12-10-8-6-4-2)50-74-62-60(73)58(71)61(54(49-66)76-62)77-63-59(72)57(70)56(69)53(48-65)75-63/h6,8,12,14,34,36-38,44,46,51-54,56-63,65-67,69-73H,3-5,7,9-11,13,15-33,35,39-43,45,47-50H2,1-2H3,(H,64,68)/b8-6-,14-12-,37-34-,38-36+,46-44+. The predicted molar refractivity (Wildman–Crippen MR) is 309 cm³/mol. The van der Waals surface area contributed by atoms with Crippen molar-refractivity contribution in [3.63, 3.8) is 0 Å². The summed E-state index contributed by atoms with van der Waals surface area (Å²) in [5, 5.41) is 87.0. The maximum absolute atomic E-state index is 13.2. The molecule has 0 radical (unpaired) electrons. The van der Waals surface area contributed by atoms with E-state index in [4.69, 9.17) is 18.9 Å². The number of amides is 1. The Hall–Kier alpha value is -2.31. The minimum absolute atomic E-state index is 0.236. The minimum Gasteiger partial charge on any atom is -0.394 e. The Bertz CT molecular complexity index is 1520. The van der Waals surface area contributed by atoms with Crippen LogP contribution in [0.1, 0.15) is 239 Å². The Labute approximate surface area is 466 Å². The SMILES string of the molecule is CC/C=C\C/C=C\C/C=C\CCCCCC(=O)NC(COC1OC(CO)C(OC2OC(CO)C(O)C(O)C2O)C(O)C1O)C(O)/C=C/CC/C=C/CCCCCCCCCCCCCCCCCCCCCCCCCC. The average Bonchev–Trinajstić information content (AvgIpc) is 3.44. The van der Waals surface area contributed by atoms with Gasteiger partial charge in [-0.25, -0.2) is 0 Å². The van der Waals surface area contributed by atoms with Crippen LogP contribution in [0.3, 0.4) is 0 Å². The molecule has 14 nitrogen and oxygen atoms in total. The molecule has 0 saturated carbocycles.